The van der Waals surface area contributed by atoms with Gasteiger partial charge < -0.3 is 15.0 Å². The predicted octanol–water partition coefficient (Wildman–Crippen LogP) is 1.70. The molecule has 110 valence electrons. The summed E-state index contributed by atoms with van der Waals surface area (Å²) in [5.74, 6) is 1.52. The zero-order valence-electron chi connectivity index (χ0n) is 12.4. The van der Waals surface area contributed by atoms with Crippen molar-refractivity contribution in [3.63, 3.8) is 0 Å². The highest BCUT2D eigenvalue weighted by molar-refractivity contribution is 5.78. The summed E-state index contributed by atoms with van der Waals surface area (Å²) in [4.78, 5) is 14.3. The Morgan fingerprint density at radius 2 is 2.15 bits per heavy atom. The zero-order chi connectivity index (χ0) is 14.4. The quantitative estimate of drug-likeness (QED) is 0.890. The molecule has 1 N–H and O–H groups in total. The second-order valence-electron chi connectivity index (χ2n) is 5.58. The fourth-order valence-electron chi connectivity index (χ4n) is 2.55. The number of carbonyl (C=O) groups excluding carboxylic acids is 1. The van der Waals surface area contributed by atoms with E-state index >= 15 is 0 Å². The standard InChI is InChI=1S/C16H24N2O2/c1-18-8-6-13(7-9-18)12-17-16(19)11-14-4-3-5-15(10-14)20-2/h3-5,10,13H,6-9,11-12H2,1-2H3,(H,17,19). The van der Waals surface area contributed by atoms with E-state index in [1.165, 1.54) is 12.8 Å². The smallest absolute Gasteiger partial charge is 0.224 e. The van der Waals surface area contributed by atoms with E-state index in [0.717, 1.165) is 30.9 Å². The van der Waals surface area contributed by atoms with Gasteiger partial charge in [-0.05, 0) is 56.6 Å². The topological polar surface area (TPSA) is 41.6 Å². The van der Waals surface area contributed by atoms with Gasteiger partial charge in [0.2, 0.25) is 5.91 Å². The SMILES string of the molecule is COc1cccc(CC(=O)NCC2CCN(C)CC2)c1. The monoisotopic (exact) mass is 276 g/mol. The number of hydrogen-bond acceptors (Lipinski definition) is 3. The van der Waals surface area contributed by atoms with E-state index in [0.29, 0.717) is 12.3 Å². The third-order valence-electron chi connectivity index (χ3n) is 3.92. The van der Waals surface area contributed by atoms with Crippen molar-refractivity contribution in [2.24, 2.45) is 5.92 Å². The molecule has 4 nitrogen and oxygen atoms in total. The minimum absolute atomic E-state index is 0.0946. The van der Waals surface area contributed by atoms with Crippen molar-refractivity contribution in [3.05, 3.63) is 29.8 Å². The van der Waals surface area contributed by atoms with Crippen LogP contribution in [0, 0.1) is 5.92 Å². The molecule has 0 spiro atoms. The molecule has 0 unspecified atom stereocenters. The number of methoxy groups -OCH3 is 1. The van der Waals surface area contributed by atoms with Crippen LogP contribution >= 0.6 is 0 Å². The zero-order valence-corrected chi connectivity index (χ0v) is 12.4. The molecule has 0 aromatic heterocycles. The van der Waals surface area contributed by atoms with Crippen LogP contribution in [0.15, 0.2) is 24.3 Å². The molecular formula is C16H24N2O2. The summed E-state index contributed by atoms with van der Waals surface area (Å²) < 4.78 is 5.17. The summed E-state index contributed by atoms with van der Waals surface area (Å²) >= 11 is 0. The molecule has 1 heterocycles. The molecule has 20 heavy (non-hydrogen) atoms. The number of hydrogen-bond donors (Lipinski definition) is 1. The molecule has 0 saturated carbocycles. The minimum Gasteiger partial charge on any atom is -0.497 e. The lowest BCUT2D eigenvalue weighted by Gasteiger charge is -2.28. The number of ether oxygens (including phenoxy) is 1. The average molecular weight is 276 g/mol. The predicted molar refractivity (Wildman–Crippen MR) is 79.9 cm³/mol. The third kappa shape index (κ3) is 4.53. The maximum Gasteiger partial charge on any atom is 0.224 e. The van der Waals surface area contributed by atoms with E-state index in [1.807, 2.05) is 24.3 Å². The summed E-state index contributed by atoms with van der Waals surface area (Å²) in [6.45, 7) is 3.07. The molecule has 1 aromatic rings. The van der Waals surface area contributed by atoms with Crippen LogP contribution in [0.5, 0.6) is 5.75 Å². The van der Waals surface area contributed by atoms with E-state index in [9.17, 15) is 4.79 Å². The Hall–Kier alpha value is -1.55. The van der Waals surface area contributed by atoms with Gasteiger partial charge in [0.15, 0.2) is 0 Å². The lowest BCUT2D eigenvalue weighted by Crippen LogP contribution is -2.37. The normalized spacial score (nSPS) is 16.9. The van der Waals surface area contributed by atoms with E-state index in [4.69, 9.17) is 4.74 Å². The highest BCUT2D eigenvalue weighted by Crippen LogP contribution is 2.15. The largest absolute Gasteiger partial charge is 0.497 e. The van der Waals surface area contributed by atoms with Crippen molar-refractivity contribution < 1.29 is 9.53 Å². The molecule has 0 aliphatic carbocycles. The first-order valence-corrected chi connectivity index (χ1v) is 7.25. The number of benzene rings is 1. The van der Waals surface area contributed by atoms with Gasteiger partial charge in [-0.2, -0.15) is 0 Å². The second-order valence-corrected chi connectivity index (χ2v) is 5.58. The number of piperidine rings is 1. The van der Waals surface area contributed by atoms with Crippen molar-refractivity contribution in [2.75, 3.05) is 33.8 Å². The molecule has 0 radical (unpaired) electrons. The lowest BCUT2D eigenvalue weighted by molar-refractivity contribution is -0.120. The number of rotatable bonds is 5. The van der Waals surface area contributed by atoms with E-state index in [2.05, 4.69) is 17.3 Å². The molecule has 1 fully saturated rings. The van der Waals surface area contributed by atoms with Crippen molar-refractivity contribution in [3.8, 4) is 5.75 Å². The average Bonchev–Trinajstić information content (AvgIpc) is 2.47. The lowest BCUT2D eigenvalue weighted by atomic mass is 9.97. The number of likely N-dealkylation sites (tertiary alicyclic amines) is 1. The van der Waals surface area contributed by atoms with Crippen LogP contribution in [0.2, 0.25) is 0 Å². The van der Waals surface area contributed by atoms with Gasteiger partial charge >= 0.3 is 0 Å². The molecule has 0 atom stereocenters. The molecule has 1 aliphatic heterocycles. The first-order chi connectivity index (χ1) is 9.67. The fraction of sp³-hybridized carbons (Fsp3) is 0.562. The van der Waals surface area contributed by atoms with Gasteiger partial charge in [0.1, 0.15) is 5.75 Å². The summed E-state index contributed by atoms with van der Waals surface area (Å²) in [5, 5.41) is 3.05. The van der Waals surface area contributed by atoms with E-state index in [1.54, 1.807) is 7.11 Å². The van der Waals surface area contributed by atoms with Gasteiger partial charge in [-0.25, -0.2) is 0 Å². The minimum atomic E-state index is 0.0946. The van der Waals surface area contributed by atoms with Crippen LogP contribution in [0.3, 0.4) is 0 Å². The summed E-state index contributed by atoms with van der Waals surface area (Å²) in [5.41, 5.74) is 0.991. The van der Waals surface area contributed by atoms with Gasteiger partial charge in [-0.15, -0.1) is 0 Å². The van der Waals surface area contributed by atoms with Gasteiger partial charge in [-0.3, -0.25) is 4.79 Å². The Balaban J connectivity index is 1.74. The molecule has 1 saturated heterocycles. The Labute approximate surface area is 121 Å². The van der Waals surface area contributed by atoms with Crippen molar-refractivity contribution in [1.82, 2.24) is 10.2 Å². The van der Waals surface area contributed by atoms with Crippen LogP contribution in [-0.4, -0.2) is 44.6 Å². The maximum absolute atomic E-state index is 12.0. The van der Waals surface area contributed by atoms with Crippen LogP contribution in [0.1, 0.15) is 18.4 Å². The maximum atomic E-state index is 12.0. The van der Waals surface area contributed by atoms with Crippen LogP contribution in [-0.2, 0) is 11.2 Å². The highest BCUT2D eigenvalue weighted by Gasteiger charge is 2.17. The van der Waals surface area contributed by atoms with Crippen LogP contribution in [0.4, 0.5) is 0 Å². The molecule has 1 aromatic carbocycles. The van der Waals surface area contributed by atoms with Gasteiger partial charge in [-0.1, -0.05) is 12.1 Å². The number of carbonyl (C=O) groups is 1. The summed E-state index contributed by atoms with van der Waals surface area (Å²) in [6, 6.07) is 7.67. The van der Waals surface area contributed by atoms with Crippen LogP contribution in [0.25, 0.3) is 0 Å². The number of amides is 1. The molecule has 0 bridgehead atoms. The summed E-state index contributed by atoms with van der Waals surface area (Å²) in [7, 11) is 3.79. The van der Waals surface area contributed by atoms with Crippen molar-refractivity contribution >= 4 is 5.91 Å². The van der Waals surface area contributed by atoms with E-state index in [-0.39, 0.29) is 5.91 Å². The third-order valence-corrected chi connectivity index (χ3v) is 3.92. The highest BCUT2D eigenvalue weighted by atomic mass is 16.5. The molecule has 2 rings (SSSR count). The first-order valence-electron chi connectivity index (χ1n) is 7.25. The Morgan fingerprint density at radius 3 is 2.85 bits per heavy atom. The fourth-order valence-corrected chi connectivity index (χ4v) is 2.55. The Bertz CT molecular complexity index is 440. The number of nitrogens with one attached hydrogen (secondary N) is 1. The van der Waals surface area contributed by atoms with Gasteiger partial charge in [0.05, 0.1) is 13.5 Å². The van der Waals surface area contributed by atoms with Gasteiger partial charge in [0, 0.05) is 6.54 Å². The van der Waals surface area contributed by atoms with Crippen molar-refractivity contribution in [1.29, 1.82) is 0 Å². The van der Waals surface area contributed by atoms with Crippen molar-refractivity contribution in [2.45, 2.75) is 19.3 Å². The molecule has 1 amide bonds. The summed E-state index contributed by atoms with van der Waals surface area (Å²) in [6.07, 6.45) is 2.77. The number of nitrogens with zero attached hydrogens (tertiary/aromatic N) is 1. The Kier molecular flexibility index (Phi) is 5.41. The second kappa shape index (κ2) is 7.29. The molecule has 4 heteroatoms. The van der Waals surface area contributed by atoms with Crippen LogP contribution < -0.4 is 10.1 Å². The first kappa shape index (κ1) is 14.9. The molecule has 1 aliphatic rings. The van der Waals surface area contributed by atoms with Gasteiger partial charge in [0.25, 0.3) is 0 Å². The van der Waals surface area contributed by atoms with E-state index < -0.39 is 0 Å². The molecular weight excluding hydrogens is 252 g/mol. The Morgan fingerprint density at radius 1 is 1.40 bits per heavy atom.